The Morgan fingerprint density at radius 1 is 0.393 bits per heavy atom. The van der Waals surface area contributed by atoms with E-state index in [1.54, 1.807) is 34.9 Å². The maximum absolute atomic E-state index is 9.27. The maximum Gasteiger partial charge on any atom is 0.165 e. The number of benzene rings is 8. The van der Waals surface area contributed by atoms with E-state index in [0.29, 0.717) is 26.9 Å². The Morgan fingerprint density at radius 3 is 1.84 bits per heavy atom. The lowest BCUT2D eigenvalue weighted by molar-refractivity contribution is 1.07. The van der Waals surface area contributed by atoms with Crippen molar-refractivity contribution in [2.24, 2.45) is 0 Å². The summed E-state index contributed by atoms with van der Waals surface area (Å²) in [6.07, 6.45) is 0. The molecule has 0 spiro atoms. The molecule has 0 unspecified atom stereocenters. The van der Waals surface area contributed by atoms with Crippen molar-refractivity contribution in [1.29, 1.82) is 0 Å². The van der Waals surface area contributed by atoms with Gasteiger partial charge in [0.05, 0.1) is 27.5 Å². The Labute approximate surface area is 344 Å². The molecule has 3 aromatic heterocycles. The predicted octanol–water partition coefficient (Wildman–Crippen LogP) is 13.7. The van der Waals surface area contributed by atoms with E-state index in [0.717, 1.165) is 32.3 Å². The van der Waals surface area contributed by atoms with E-state index in [2.05, 4.69) is 24.3 Å². The fraction of sp³-hybridized carbons (Fsp3) is 0. The van der Waals surface area contributed by atoms with Crippen molar-refractivity contribution >= 4 is 53.3 Å². The van der Waals surface area contributed by atoms with E-state index < -0.39 is 54.4 Å². The van der Waals surface area contributed by atoms with Crippen LogP contribution in [0.5, 0.6) is 0 Å². The molecular formula is C51H32N4S. The molecule has 56 heavy (non-hydrogen) atoms. The molecule has 0 fully saturated rings. The molecule has 3 heterocycles. The number of fused-ring (bicyclic) bond motifs is 6. The molecule has 262 valence electrons. The molecule has 0 radical (unpaired) electrons. The molecule has 4 nitrogen and oxygen atoms in total. The van der Waals surface area contributed by atoms with Crippen molar-refractivity contribution in [2.45, 2.75) is 0 Å². The van der Waals surface area contributed by atoms with Gasteiger partial charge in [-0.1, -0.05) is 164 Å². The van der Waals surface area contributed by atoms with E-state index in [1.165, 1.54) is 17.4 Å². The summed E-state index contributed by atoms with van der Waals surface area (Å²) in [6.45, 7) is 0. The van der Waals surface area contributed by atoms with Crippen molar-refractivity contribution in [3.63, 3.8) is 0 Å². The molecular weight excluding hydrogens is 701 g/mol. The van der Waals surface area contributed by atoms with E-state index >= 15 is 0 Å². The van der Waals surface area contributed by atoms with Gasteiger partial charge < -0.3 is 4.57 Å². The largest absolute Gasteiger partial charge is 0.309 e. The van der Waals surface area contributed by atoms with Gasteiger partial charge in [0.1, 0.15) is 0 Å². The number of nitrogens with zero attached hydrogens (tertiary/aromatic N) is 4. The Morgan fingerprint density at radius 2 is 1.02 bits per heavy atom. The minimum Gasteiger partial charge on any atom is -0.309 e. The molecule has 5 heteroatoms. The standard InChI is InChI=1S/C51H32N4S/c1-4-16-33(17-5-1)36-22-14-23-37(30-36)39-26-15-27-42-43-31-38(55-45-28-12-10-24-40(45)41-25-11-13-29-46(41)55)32-44(48(43)56-47(39)42)51-53-49(34-18-6-2-7-19-34)52-50(54-51)35-20-8-3-9-21-35/h1-32H/i2D,6D,7D,10D,11D,12D,13D,18D,19D,24D,25D,28D. The van der Waals surface area contributed by atoms with Crippen LogP contribution in [0.15, 0.2) is 194 Å². The summed E-state index contributed by atoms with van der Waals surface area (Å²) in [7, 11) is 0. The number of hydrogen-bond donors (Lipinski definition) is 0. The van der Waals surface area contributed by atoms with Crippen molar-refractivity contribution in [2.75, 3.05) is 0 Å². The van der Waals surface area contributed by atoms with Gasteiger partial charge >= 0.3 is 0 Å². The number of rotatable bonds is 6. The highest BCUT2D eigenvalue weighted by Crippen LogP contribution is 2.46. The SMILES string of the molecule is [2H]c1cc2c(c([2H])c1[2H])c1c([2H])c([2H])c([2H])c([2H])c1n2-c1cc(-c2nc(-c3ccccc3)nc(-c3c([2H])c([2H])c([2H])c([2H])c3[2H])n2)c2sc3c(-c4cccc(-c5ccccc5)c4)cccc3c2c1. The van der Waals surface area contributed by atoms with E-state index in [-0.39, 0.29) is 63.0 Å². The average Bonchev–Trinajstić information content (AvgIpc) is 3.92. The predicted molar refractivity (Wildman–Crippen MR) is 234 cm³/mol. The van der Waals surface area contributed by atoms with Gasteiger partial charge in [-0.05, 0) is 52.6 Å². The molecule has 0 saturated heterocycles. The van der Waals surface area contributed by atoms with Crippen LogP contribution in [0.3, 0.4) is 0 Å². The molecule has 0 aliphatic carbocycles. The highest BCUT2D eigenvalue weighted by Gasteiger charge is 2.21. The summed E-state index contributed by atoms with van der Waals surface area (Å²) in [5.41, 5.74) is 5.32. The van der Waals surface area contributed by atoms with Crippen LogP contribution in [0.25, 0.3) is 104 Å². The van der Waals surface area contributed by atoms with Crippen LogP contribution >= 0.6 is 11.3 Å². The molecule has 0 aliphatic heterocycles. The smallest absolute Gasteiger partial charge is 0.165 e. The molecule has 0 bridgehead atoms. The summed E-state index contributed by atoms with van der Waals surface area (Å²) in [6, 6.07) is 32.8. The first kappa shape index (κ1) is 22.2. The van der Waals surface area contributed by atoms with E-state index in [1.807, 2.05) is 60.7 Å². The van der Waals surface area contributed by atoms with Crippen LogP contribution in [-0.2, 0) is 0 Å². The van der Waals surface area contributed by atoms with Gasteiger partial charge in [0, 0.05) is 53.3 Å². The third-order valence-corrected chi connectivity index (χ3v) is 11.1. The third-order valence-electron chi connectivity index (χ3n) is 9.86. The molecule has 0 saturated carbocycles. The average molecular weight is 745 g/mol. The first-order chi connectivity index (χ1) is 32.7. The summed E-state index contributed by atoms with van der Waals surface area (Å²) in [4.78, 5) is 14.7. The Bertz CT molecular complexity index is 3920. The van der Waals surface area contributed by atoms with Crippen LogP contribution in [0.2, 0.25) is 0 Å². The maximum atomic E-state index is 9.27. The van der Waals surface area contributed by atoms with Crippen molar-refractivity contribution in [3.05, 3.63) is 194 Å². The second kappa shape index (κ2) is 13.3. The first-order valence-electron chi connectivity index (χ1n) is 23.8. The Kier molecular flexibility index (Phi) is 5.27. The fourth-order valence-electron chi connectivity index (χ4n) is 7.34. The number of hydrogen-bond acceptors (Lipinski definition) is 4. The first-order valence-corrected chi connectivity index (χ1v) is 18.6. The summed E-state index contributed by atoms with van der Waals surface area (Å²) < 4.78 is 109. The van der Waals surface area contributed by atoms with Crippen LogP contribution in [0, 0.1) is 0 Å². The lowest BCUT2D eigenvalue weighted by Gasteiger charge is -2.13. The number of para-hydroxylation sites is 2. The van der Waals surface area contributed by atoms with Crippen molar-refractivity contribution in [1.82, 2.24) is 19.5 Å². The number of aromatic nitrogens is 4. The summed E-state index contributed by atoms with van der Waals surface area (Å²) in [5.74, 6) is 0.0582. The van der Waals surface area contributed by atoms with Crippen LogP contribution in [0.4, 0.5) is 0 Å². The lowest BCUT2D eigenvalue weighted by atomic mass is 9.97. The molecule has 0 N–H and O–H groups in total. The van der Waals surface area contributed by atoms with Gasteiger partial charge in [-0.2, -0.15) is 0 Å². The monoisotopic (exact) mass is 744 g/mol. The van der Waals surface area contributed by atoms with Crippen LogP contribution in [0.1, 0.15) is 16.4 Å². The summed E-state index contributed by atoms with van der Waals surface area (Å²) in [5, 5.41) is 1.64. The third kappa shape index (κ3) is 5.40. The lowest BCUT2D eigenvalue weighted by Crippen LogP contribution is -2.01. The molecule has 11 rings (SSSR count). The van der Waals surface area contributed by atoms with Gasteiger partial charge in [0.2, 0.25) is 0 Å². The topological polar surface area (TPSA) is 43.6 Å². The van der Waals surface area contributed by atoms with Gasteiger partial charge in [0.15, 0.2) is 17.5 Å². The summed E-state index contributed by atoms with van der Waals surface area (Å²) >= 11 is 1.48. The van der Waals surface area contributed by atoms with Gasteiger partial charge in [-0.3, -0.25) is 0 Å². The van der Waals surface area contributed by atoms with Gasteiger partial charge in [-0.25, -0.2) is 15.0 Å². The van der Waals surface area contributed by atoms with E-state index in [9.17, 15) is 1.37 Å². The molecule has 0 aliphatic rings. The van der Waals surface area contributed by atoms with Gasteiger partial charge in [0.25, 0.3) is 0 Å². The zero-order valence-corrected chi connectivity index (χ0v) is 30.1. The van der Waals surface area contributed by atoms with Crippen LogP contribution in [-0.4, -0.2) is 19.5 Å². The zero-order valence-electron chi connectivity index (χ0n) is 41.2. The molecule has 11 aromatic rings. The molecule has 0 amide bonds. The highest BCUT2D eigenvalue weighted by atomic mass is 32.1. The number of thiophene rings is 1. The quantitative estimate of drug-likeness (QED) is 0.170. The normalized spacial score (nSPS) is 14.6. The second-order valence-electron chi connectivity index (χ2n) is 13.1. The Balaban J connectivity index is 1.29. The highest BCUT2D eigenvalue weighted by molar-refractivity contribution is 7.26. The molecule has 8 aromatic carbocycles. The van der Waals surface area contributed by atoms with Crippen molar-refractivity contribution < 1.29 is 16.4 Å². The second-order valence-corrected chi connectivity index (χ2v) is 14.2. The van der Waals surface area contributed by atoms with Gasteiger partial charge in [-0.15, -0.1) is 11.3 Å². The van der Waals surface area contributed by atoms with E-state index in [4.69, 9.17) is 30.0 Å². The zero-order chi connectivity index (χ0) is 47.4. The minimum absolute atomic E-state index is 0.0249. The van der Waals surface area contributed by atoms with Crippen LogP contribution < -0.4 is 0 Å². The minimum atomic E-state index is -0.570. The molecule has 0 atom stereocenters. The fourth-order valence-corrected chi connectivity index (χ4v) is 8.67. The Hall–Kier alpha value is -7.21. The van der Waals surface area contributed by atoms with Crippen molar-refractivity contribution in [3.8, 4) is 62.1 Å².